The van der Waals surface area contributed by atoms with E-state index in [-0.39, 0.29) is 24.3 Å². The highest BCUT2D eigenvalue weighted by molar-refractivity contribution is 5.88. The van der Waals surface area contributed by atoms with Gasteiger partial charge in [-0.05, 0) is 38.7 Å². The highest BCUT2D eigenvalue weighted by Crippen LogP contribution is 2.25. The predicted molar refractivity (Wildman–Crippen MR) is 104 cm³/mol. The number of hydrogen-bond donors (Lipinski definition) is 2. The van der Waals surface area contributed by atoms with E-state index in [4.69, 9.17) is 0 Å². The lowest BCUT2D eigenvalue weighted by Crippen LogP contribution is -2.57. The van der Waals surface area contributed by atoms with E-state index < -0.39 is 0 Å². The Kier molecular flexibility index (Phi) is 6.88. The van der Waals surface area contributed by atoms with Crippen LogP contribution >= 0.6 is 0 Å². The second-order valence-corrected chi connectivity index (χ2v) is 8.01. The Morgan fingerprint density at radius 3 is 2.78 bits per heavy atom. The maximum absolute atomic E-state index is 12.4. The molecule has 7 heteroatoms. The lowest BCUT2D eigenvalue weighted by Gasteiger charge is -2.37. The van der Waals surface area contributed by atoms with Gasteiger partial charge in [0.2, 0.25) is 11.8 Å². The zero-order valence-corrected chi connectivity index (χ0v) is 16.7. The fourth-order valence-electron chi connectivity index (χ4n) is 4.35. The van der Waals surface area contributed by atoms with Crippen molar-refractivity contribution in [2.75, 3.05) is 26.2 Å². The van der Waals surface area contributed by atoms with Gasteiger partial charge in [0.25, 0.3) is 0 Å². The molecule has 1 aliphatic heterocycles. The minimum atomic E-state index is -0.339. The first-order chi connectivity index (χ1) is 13.0. The van der Waals surface area contributed by atoms with Crippen molar-refractivity contribution < 1.29 is 9.59 Å². The molecule has 2 amide bonds. The third-order valence-electron chi connectivity index (χ3n) is 5.79. The Morgan fingerprint density at radius 1 is 1.30 bits per heavy atom. The summed E-state index contributed by atoms with van der Waals surface area (Å²) < 4.78 is 1.90. The van der Waals surface area contributed by atoms with Crippen LogP contribution in [0.15, 0.2) is 6.07 Å². The summed E-state index contributed by atoms with van der Waals surface area (Å²) in [5.74, 6) is 0.597. The van der Waals surface area contributed by atoms with Gasteiger partial charge in [0.15, 0.2) is 0 Å². The summed E-state index contributed by atoms with van der Waals surface area (Å²) in [5.41, 5.74) is 2.07. The number of aromatic nitrogens is 2. The maximum Gasteiger partial charge on any atom is 0.237 e. The second kappa shape index (κ2) is 9.35. The van der Waals surface area contributed by atoms with Gasteiger partial charge >= 0.3 is 0 Å². The van der Waals surface area contributed by atoms with Crippen LogP contribution in [0.2, 0.25) is 0 Å². The minimum absolute atomic E-state index is 0.00856. The number of amides is 2. The minimum Gasteiger partial charge on any atom is -0.354 e. The van der Waals surface area contributed by atoms with Crippen LogP contribution in [-0.4, -0.2) is 58.7 Å². The van der Waals surface area contributed by atoms with Crippen molar-refractivity contribution >= 4 is 11.8 Å². The Morgan fingerprint density at radius 2 is 2.07 bits per heavy atom. The van der Waals surface area contributed by atoms with E-state index in [2.05, 4.69) is 20.6 Å². The first kappa shape index (κ1) is 19.9. The van der Waals surface area contributed by atoms with Crippen molar-refractivity contribution in [2.24, 2.45) is 5.92 Å². The second-order valence-electron chi connectivity index (χ2n) is 8.01. The molecular formula is C20H33N5O2. The highest BCUT2D eigenvalue weighted by Gasteiger charge is 2.33. The van der Waals surface area contributed by atoms with Crippen molar-refractivity contribution in [1.29, 1.82) is 0 Å². The zero-order valence-electron chi connectivity index (χ0n) is 16.7. The van der Waals surface area contributed by atoms with E-state index >= 15 is 0 Å². The molecule has 1 aromatic rings. The van der Waals surface area contributed by atoms with E-state index in [1.165, 1.54) is 32.1 Å². The summed E-state index contributed by atoms with van der Waals surface area (Å²) in [7, 11) is 0. The molecule has 0 unspecified atom stereocenters. The van der Waals surface area contributed by atoms with Crippen LogP contribution in [0.25, 0.3) is 0 Å². The summed E-state index contributed by atoms with van der Waals surface area (Å²) in [4.78, 5) is 27.0. The first-order valence-corrected chi connectivity index (χ1v) is 10.3. The molecule has 150 valence electrons. The van der Waals surface area contributed by atoms with Gasteiger partial charge in [0, 0.05) is 31.9 Å². The Hall–Kier alpha value is -1.89. The molecule has 0 spiro atoms. The smallest absolute Gasteiger partial charge is 0.237 e. The van der Waals surface area contributed by atoms with Crippen LogP contribution in [-0.2, 0) is 16.1 Å². The zero-order chi connectivity index (χ0) is 19.2. The van der Waals surface area contributed by atoms with Crippen LogP contribution in [0.1, 0.15) is 49.9 Å². The van der Waals surface area contributed by atoms with Gasteiger partial charge in [-0.15, -0.1) is 0 Å². The number of carbonyl (C=O) groups is 2. The molecule has 7 nitrogen and oxygen atoms in total. The molecule has 1 aliphatic carbocycles. The predicted octanol–water partition coefficient (Wildman–Crippen LogP) is 1.39. The maximum atomic E-state index is 12.4. The van der Waals surface area contributed by atoms with E-state index in [1.807, 2.05) is 24.6 Å². The van der Waals surface area contributed by atoms with Gasteiger partial charge in [-0.1, -0.05) is 19.3 Å². The fourth-order valence-corrected chi connectivity index (χ4v) is 4.35. The summed E-state index contributed by atoms with van der Waals surface area (Å²) in [6.07, 6.45) is 6.65. The van der Waals surface area contributed by atoms with Gasteiger partial charge in [0.05, 0.1) is 24.7 Å². The number of rotatable bonds is 7. The molecular weight excluding hydrogens is 342 g/mol. The lowest BCUT2D eigenvalue weighted by molar-refractivity contribution is -0.134. The standard InChI is InChI=1S/C20H33N5O2/c1-15-12-16(2)25(23-15)11-9-21-19(26)13-18-20(27)22-8-10-24(18)14-17-6-4-3-5-7-17/h12,17-18H,3-11,13-14H2,1-2H3,(H,21,26)(H,22,27)/t18-/m0/s1. The lowest BCUT2D eigenvalue weighted by atomic mass is 9.88. The van der Waals surface area contributed by atoms with Gasteiger partial charge < -0.3 is 10.6 Å². The van der Waals surface area contributed by atoms with Crippen LogP contribution in [0.4, 0.5) is 0 Å². The molecule has 2 aliphatic rings. The monoisotopic (exact) mass is 375 g/mol. The molecule has 27 heavy (non-hydrogen) atoms. The average molecular weight is 376 g/mol. The van der Waals surface area contributed by atoms with Gasteiger partial charge in [0.1, 0.15) is 0 Å². The van der Waals surface area contributed by atoms with E-state index in [9.17, 15) is 9.59 Å². The average Bonchev–Trinajstić information content (AvgIpc) is 2.96. The van der Waals surface area contributed by atoms with Crippen molar-refractivity contribution in [3.8, 4) is 0 Å². The van der Waals surface area contributed by atoms with E-state index in [1.54, 1.807) is 0 Å². The third kappa shape index (κ3) is 5.54. The normalized spacial score (nSPS) is 21.9. The molecule has 1 saturated heterocycles. The molecule has 3 rings (SSSR count). The summed E-state index contributed by atoms with van der Waals surface area (Å²) in [6, 6.07) is 1.69. The molecule has 1 saturated carbocycles. The summed E-state index contributed by atoms with van der Waals surface area (Å²) >= 11 is 0. The topological polar surface area (TPSA) is 79.3 Å². The largest absolute Gasteiger partial charge is 0.354 e. The number of hydrogen-bond acceptors (Lipinski definition) is 4. The van der Waals surface area contributed by atoms with Crippen LogP contribution in [0.5, 0.6) is 0 Å². The van der Waals surface area contributed by atoms with Crippen LogP contribution < -0.4 is 10.6 Å². The van der Waals surface area contributed by atoms with Gasteiger partial charge in [-0.3, -0.25) is 19.2 Å². The number of carbonyl (C=O) groups excluding carboxylic acids is 2. The molecule has 2 fully saturated rings. The summed E-state index contributed by atoms with van der Waals surface area (Å²) in [5, 5.41) is 10.3. The molecule has 0 radical (unpaired) electrons. The molecule has 0 bridgehead atoms. The van der Waals surface area contributed by atoms with Crippen molar-refractivity contribution in [3.63, 3.8) is 0 Å². The van der Waals surface area contributed by atoms with Crippen molar-refractivity contribution in [3.05, 3.63) is 17.5 Å². The summed E-state index contributed by atoms with van der Waals surface area (Å²) in [6.45, 7) is 7.61. The van der Waals surface area contributed by atoms with E-state index in [0.29, 0.717) is 25.6 Å². The number of nitrogens with one attached hydrogen (secondary N) is 2. The number of nitrogens with zero attached hydrogens (tertiary/aromatic N) is 3. The SMILES string of the molecule is Cc1cc(C)n(CCNC(=O)C[C@H]2C(=O)NCCN2CC2CCCCC2)n1. The first-order valence-electron chi connectivity index (χ1n) is 10.3. The quantitative estimate of drug-likeness (QED) is 0.755. The molecule has 2 heterocycles. The number of aryl methyl sites for hydroxylation is 2. The highest BCUT2D eigenvalue weighted by atomic mass is 16.2. The van der Waals surface area contributed by atoms with E-state index in [0.717, 1.165) is 24.5 Å². The Balaban J connectivity index is 1.48. The third-order valence-corrected chi connectivity index (χ3v) is 5.79. The van der Waals surface area contributed by atoms with Gasteiger partial charge in [-0.25, -0.2) is 0 Å². The molecule has 0 aromatic carbocycles. The Bertz CT molecular complexity index is 651. The van der Waals surface area contributed by atoms with Crippen LogP contribution in [0.3, 0.4) is 0 Å². The number of piperazine rings is 1. The van der Waals surface area contributed by atoms with Crippen molar-refractivity contribution in [1.82, 2.24) is 25.3 Å². The fraction of sp³-hybridized carbons (Fsp3) is 0.750. The van der Waals surface area contributed by atoms with Crippen molar-refractivity contribution in [2.45, 2.75) is 65.0 Å². The van der Waals surface area contributed by atoms with Crippen LogP contribution in [0, 0.1) is 19.8 Å². The van der Waals surface area contributed by atoms with Gasteiger partial charge in [-0.2, -0.15) is 5.10 Å². The molecule has 1 aromatic heterocycles. The molecule has 2 N–H and O–H groups in total. The Labute approximate surface area is 161 Å². The molecule has 1 atom stereocenters.